The molecule has 4 rings (SSSR count). The maximum absolute atomic E-state index is 13.3. The monoisotopic (exact) mass is 453 g/mol. The van der Waals surface area contributed by atoms with Crippen molar-refractivity contribution >= 4 is 23.1 Å². The van der Waals surface area contributed by atoms with E-state index in [4.69, 9.17) is 0 Å². The zero-order valence-electron chi connectivity index (χ0n) is 20.4. The van der Waals surface area contributed by atoms with Crippen LogP contribution in [0.15, 0.2) is 78.4 Å². The summed E-state index contributed by atoms with van der Waals surface area (Å²) < 4.78 is 0. The third-order valence-electron chi connectivity index (χ3n) is 6.53. The maximum atomic E-state index is 13.3. The first-order valence-electron chi connectivity index (χ1n) is 11.8. The molecule has 3 aromatic carbocycles. The van der Waals surface area contributed by atoms with Crippen molar-refractivity contribution in [3.05, 3.63) is 106 Å². The lowest BCUT2D eigenvalue weighted by Gasteiger charge is -2.26. The van der Waals surface area contributed by atoms with Gasteiger partial charge in [-0.3, -0.25) is 14.5 Å². The van der Waals surface area contributed by atoms with Gasteiger partial charge in [0, 0.05) is 11.3 Å². The third-order valence-corrected chi connectivity index (χ3v) is 6.53. The van der Waals surface area contributed by atoms with E-state index >= 15 is 0 Å². The minimum absolute atomic E-state index is 0.110. The van der Waals surface area contributed by atoms with Gasteiger partial charge in [0.15, 0.2) is 0 Å². The molecule has 34 heavy (non-hydrogen) atoms. The van der Waals surface area contributed by atoms with Gasteiger partial charge in [-0.2, -0.15) is 0 Å². The fourth-order valence-corrected chi connectivity index (χ4v) is 4.36. The molecule has 0 bridgehead atoms. The number of aliphatic hydroxyl groups is 1. The molecule has 1 saturated heterocycles. The molecule has 1 N–H and O–H groups in total. The van der Waals surface area contributed by atoms with Gasteiger partial charge in [-0.1, -0.05) is 93.9 Å². The molecule has 1 amide bonds. The summed E-state index contributed by atoms with van der Waals surface area (Å²) in [4.78, 5) is 28.1. The van der Waals surface area contributed by atoms with E-state index in [1.165, 1.54) is 10.5 Å². The van der Waals surface area contributed by atoms with Gasteiger partial charge in [0.05, 0.1) is 11.6 Å². The maximum Gasteiger partial charge on any atom is 0.300 e. The van der Waals surface area contributed by atoms with Gasteiger partial charge in [-0.15, -0.1) is 0 Å². The number of aliphatic hydroxyl groups excluding tert-OH is 1. The second kappa shape index (κ2) is 9.30. The Morgan fingerprint density at radius 1 is 0.765 bits per heavy atom. The third kappa shape index (κ3) is 4.28. The summed E-state index contributed by atoms with van der Waals surface area (Å²) in [5, 5.41) is 11.2. The summed E-state index contributed by atoms with van der Waals surface area (Å²) >= 11 is 0. The molecule has 1 unspecified atom stereocenters. The van der Waals surface area contributed by atoms with Crippen LogP contribution in [0.5, 0.6) is 0 Å². The van der Waals surface area contributed by atoms with Crippen molar-refractivity contribution in [2.45, 2.75) is 52.5 Å². The molecule has 1 aliphatic rings. The lowest BCUT2D eigenvalue weighted by atomic mass is 9.93. The standard InChI is InChI=1S/C30H31NO3/c1-18(2)21-10-12-23(13-11-21)27-26(28(32)24-8-6-20(5)7-9-24)29(33)30(34)31(27)25-16-14-22(15-17-25)19(3)4/h6-19,27,32H,1-5H3/b28-26-. The molecule has 1 aliphatic heterocycles. The molecular formula is C30H31NO3. The van der Waals surface area contributed by atoms with E-state index in [0.29, 0.717) is 23.1 Å². The highest BCUT2D eigenvalue weighted by atomic mass is 16.3. The number of carbonyl (C=O) groups is 2. The van der Waals surface area contributed by atoms with Gasteiger partial charge in [0.1, 0.15) is 5.76 Å². The number of anilines is 1. The predicted octanol–water partition coefficient (Wildman–Crippen LogP) is 6.87. The highest BCUT2D eigenvalue weighted by molar-refractivity contribution is 6.51. The van der Waals surface area contributed by atoms with E-state index in [0.717, 1.165) is 16.7 Å². The van der Waals surface area contributed by atoms with Crippen LogP contribution in [0.4, 0.5) is 5.69 Å². The second-order valence-electron chi connectivity index (χ2n) is 9.60. The van der Waals surface area contributed by atoms with Gasteiger partial charge in [-0.05, 0) is 47.6 Å². The molecule has 1 heterocycles. The van der Waals surface area contributed by atoms with Crippen molar-refractivity contribution in [1.82, 2.24) is 0 Å². The number of hydrogen-bond acceptors (Lipinski definition) is 3. The van der Waals surface area contributed by atoms with E-state index in [2.05, 4.69) is 27.7 Å². The molecule has 1 fully saturated rings. The Hall–Kier alpha value is -3.66. The van der Waals surface area contributed by atoms with Crippen LogP contribution in [0.2, 0.25) is 0 Å². The Labute approximate surface area is 201 Å². The number of carbonyl (C=O) groups excluding carboxylic acids is 2. The number of hydrogen-bond donors (Lipinski definition) is 1. The van der Waals surface area contributed by atoms with E-state index in [1.807, 2.05) is 67.6 Å². The van der Waals surface area contributed by atoms with E-state index in [1.54, 1.807) is 12.1 Å². The van der Waals surface area contributed by atoms with Crippen molar-refractivity contribution in [2.24, 2.45) is 0 Å². The van der Waals surface area contributed by atoms with Crippen LogP contribution in [0.1, 0.15) is 73.4 Å². The fourth-order valence-electron chi connectivity index (χ4n) is 4.36. The summed E-state index contributed by atoms with van der Waals surface area (Å²) in [5.74, 6) is -0.757. The van der Waals surface area contributed by atoms with Crippen molar-refractivity contribution in [1.29, 1.82) is 0 Å². The first-order chi connectivity index (χ1) is 16.2. The molecular weight excluding hydrogens is 422 g/mol. The summed E-state index contributed by atoms with van der Waals surface area (Å²) in [6, 6.07) is 22.2. The lowest BCUT2D eigenvalue weighted by Crippen LogP contribution is -2.29. The molecule has 0 radical (unpaired) electrons. The molecule has 0 aliphatic carbocycles. The number of benzene rings is 3. The Morgan fingerprint density at radius 3 is 1.76 bits per heavy atom. The van der Waals surface area contributed by atoms with Crippen molar-refractivity contribution in [3.8, 4) is 0 Å². The second-order valence-corrected chi connectivity index (χ2v) is 9.60. The fraction of sp³-hybridized carbons (Fsp3) is 0.267. The minimum atomic E-state index is -0.715. The summed E-state index contributed by atoms with van der Waals surface area (Å²) in [5.41, 5.74) is 5.40. The van der Waals surface area contributed by atoms with Crippen LogP contribution in [0.25, 0.3) is 5.76 Å². The van der Waals surface area contributed by atoms with E-state index < -0.39 is 17.7 Å². The zero-order chi connectivity index (χ0) is 24.6. The normalized spacial score (nSPS) is 17.7. The number of amides is 1. The molecule has 0 spiro atoms. The SMILES string of the molecule is Cc1ccc(/C(O)=C2/C(=O)C(=O)N(c3ccc(C(C)C)cc3)C2c2ccc(C(C)C)cc2)cc1. The van der Waals surface area contributed by atoms with E-state index in [9.17, 15) is 14.7 Å². The molecule has 0 aromatic heterocycles. The van der Waals surface area contributed by atoms with Crippen molar-refractivity contribution < 1.29 is 14.7 Å². The van der Waals surface area contributed by atoms with Crippen LogP contribution in [0, 0.1) is 6.92 Å². The number of rotatable bonds is 5. The number of aryl methyl sites for hydroxylation is 1. The van der Waals surface area contributed by atoms with Crippen LogP contribution in [-0.2, 0) is 9.59 Å². The molecule has 1 atom stereocenters. The van der Waals surface area contributed by atoms with E-state index in [-0.39, 0.29) is 11.3 Å². The molecule has 4 heteroatoms. The number of nitrogens with zero attached hydrogens (tertiary/aromatic N) is 1. The van der Waals surface area contributed by atoms with Crippen LogP contribution in [-0.4, -0.2) is 16.8 Å². The first kappa shape index (κ1) is 23.5. The Morgan fingerprint density at radius 2 is 1.26 bits per heavy atom. The highest BCUT2D eigenvalue weighted by Gasteiger charge is 2.46. The highest BCUT2D eigenvalue weighted by Crippen LogP contribution is 2.42. The average Bonchev–Trinajstić information content (AvgIpc) is 3.09. The van der Waals surface area contributed by atoms with Gasteiger partial charge in [0.25, 0.3) is 11.7 Å². The summed E-state index contributed by atoms with van der Waals surface area (Å²) in [6.45, 7) is 10.4. The average molecular weight is 454 g/mol. The van der Waals surface area contributed by atoms with Gasteiger partial charge >= 0.3 is 0 Å². The van der Waals surface area contributed by atoms with Gasteiger partial charge in [-0.25, -0.2) is 0 Å². The summed E-state index contributed by atoms with van der Waals surface area (Å²) in [6.07, 6.45) is 0. The number of ketones is 1. The Kier molecular flexibility index (Phi) is 6.43. The van der Waals surface area contributed by atoms with Crippen LogP contribution >= 0.6 is 0 Å². The quantitative estimate of drug-likeness (QED) is 0.261. The van der Waals surface area contributed by atoms with Gasteiger partial charge < -0.3 is 5.11 Å². The van der Waals surface area contributed by atoms with Crippen molar-refractivity contribution in [2.75, 3.05) is 4.90 Å². The minimum Gasteiger partial charge on any atom is -0.507 e. The topological polar surface area (TPSA) is 57.6 Å². The largest absolute Gasteiger partial charge is 0.507 e. The molecule has 174 valence electrons. The Balaban J connectivity index is 1.89. The smallest absolute Gasteiger partial charge is 0.300 e. The first-order valence-corrected chi connectivity index (χ1v) is 11.8. The van der Waals surface area contributed by atoms with Crippen LogP contribution in [0.3, 0.4) is 0 Å². The van der Waals surface area contributed by atoms with Gasteiger partial charge in [0.2, 0.25) is 0 Å². The van der Waals surface area contributed by atoms with Crippen LogP contribution < -0.4 is 4.90 Å². The molecule has 3 aromatic rings. The summed E-state index contributed by atoms with van der Waals surface area (Å²) in [7, 11) is 0. The zero-order valence-corrected chi connectivity index (χ0v) is 20.4. The number of Topliss-reactive ketones (excluding diaryl/α,β-unsaturated/α-hetero) is 1. The van der Waals surface area contributed by atoms with Crippen molar-refractivity contribution in [3.63, 3.8) is 0 Å². The molecule has 4 nitrogen and oxygen atoms in total. The Bertz CT molecular complexity index is 1230. The predicted molar refractivity (Wildman–Crippen MR) is 137 cm³/mol. The lowest BCUT2D eigenvalue weighted by molar-refractivity contribution is -0.132. The molecule has 0 saturated carbocycles.